The molecule has 2 aromatic carbocycles. The van der Waals surface area contributed by atoms with E-state index in [4.69, 9.17) is 24.0 Å². The summed E-state index contributed by atoms with van der Waals surface area (Å²) in [6.07, 6.45) is 0. The van der Waals surface area contributed by atoms with E-state index >= 15 is 0 Å². The van der Waals surface area contributed by atoms with E-state index < -0.39 is 12.0 Å². The van der Waals surface area contributed by atoms with Gasteiger partial charge < -0.3 is 24.3 Å². The maximum atomic E-state index is 13.0. The SMILES string of the molecule is CCOC(=O)C1=C(C)Nc2nc(-c3ccc(OC)cc3)nn2C1c1cccc(OC)c1OC. The number of fused-ring (bicyclic) bond motifs is 1. The summed E-state index contributed by atoms with van der Waals surface area (Å²) in [6.45, 7) is 3.84. The highest BCUT2D eigenvalue weighted by Crippen LogP contribution is 2.43. The number of carbonyl (C=O) groups excluding carboxylic acids is 1. The second-order valence-corrected chi connectivity index (χ2v) is 7.30. The van der Waals surface area contributed by atoms with Gasteiger partial charge >= 0.3 is 5.97 Å². The molecule has 9 heteroatoms. The molecule has 0 spiro atoms. The topological polar surface area (TPSA) is 96.7 Å². The van der Waals surface area contributed by atoms with Crippen molar-refractivity contribution in [2.24, 2.45) is 0 Å². The van der Waals surface area contributed by atoms with Crippen molar-refractivity contribution in [2.45, 2.75) is 19.9 Å². The lowest BCUT2D eigenvalue weighted by Crippen LogP contribution is -2.30. The van der Waals surface area contributed by atoms with E-state index in [2.05, 4.69) is 10.3 Å². The number of benzene rings is 2. The number of anilines is 1. The largest absolute Gasteiger partial charge is 0.497 e. The number of ether oxygens (including phenoxy) is 4. The van der Waals surface area contributed by atoms with Crippen molar-refractivity contribution < 1.29 is 23.7 Å². The summed E-state index contributed by atoms with van der Waals surface area (Å²) < 4.78 is 23.5. The molecule has 3 aromatic rings. The molecule has 1 unspecified atom stereocenters. The Balaban J connectivity index is 1.90. The minimum atomic E-state index is -0.634. The van der Waals surface area contributed by atoms with Gasteiger partial charge in [0.1, 0.15) is 11.8 Å². The first kappa shape index (κ1) is 22.2. The van der Waals surface area contributed by atoms with Crippen LogP contribution in [0.3, 0.4) is 0 Å². The van der Waals surface area contributed by atoms with Crippen LogP contribution in [0.25, 0.3) is 11.4 Å². The van der Waals surface area contributed by atoms with Crippen molar-refractivity contribution in [3.63, 3.8) is 0 Å². The van der Waals surface area contributed by atoms with E-state index in [1.165, 1.54) is 0 Å². The molecule has 0 radical (unpaired) electrons. The molecule has 2 heterocycles. The molecule has 4 rings (SSSR count). The molecule has 0 fully saturated rings. The second-order valence-electron chi connectivity index (χ2n) is 7.30. The third-order valence-corrected chi connectivity index (χ3v) is 5.42. The Labute approximate surface area is 191 Å². The average molecular weight is 450 g/mol. The maximum Gasteiger partial charge on any atom is 0.338 e. The van der Waals surface area contributed by atoms with E-state index in [-0.39, 0.29) is 6.61 Å². The first-order valence-electron chi connectivity index (χ1n) is 10.5. The molecule has 33 heavy (non-hydrogen) atoms. The number of para-hydroxylation sites is 1. The zero-order chi connectivity index (χ0) is 23.5. The quantitative estimate of drug-likeness (QED) is 0.543. The maximum absolute atomic E-state index is 13.0. The number of hydrogen-bond acceptors (Lipinski definition) is 8. The summed E-state index contributed by atoms with van der Waals surface area (Å²) in [5, 5.41) is 7.96. The van der Waals surface area contributed by atoms with Gasteiger partial charge in [0.15, 0.2) is 17.3 Å². The summed E-state index contributed by atoms with van der Waals surface area (Å²) in [5.41, 5.74) is 2.56. The highest BCUT2D eigenvalue weighted by atomic mass is 16.5. The third-order valence-electron chi connectivity index (χ3n) is 5.42. The molecular formula is C24H26N4O5. The number of methoxy groups -OCH3 is 3. The zero-order valence-corrected chi connectivity index (χ0v) is 19.2. The average Bonchev–Trinajstić information content (AvgIpc) is 3.26. The van der Waals surface area contributed by atoms with Crippen LogP contribution >= 0.6 is 0 Å². The summed E-state index contributed by atoms with van der Waals surface area (Å²) in [6, 6.07) is 12.3. The van der Waals surface area contributed by atoms with Gasteiger partial charge in [-0.15, -0.1) is 5.10 Å². The van der Waals surface area contributed by atoms with Crippen LogP contribution in [0, 0.1) is 0 Å². The van der Waals surface area contributed by atoms with Gasteiger partial charge in [0.2, 0.25) is 5.95 Å². The highest BCUT2D eigenvalue weighted by Gasteiger charge is 2.37. The van der Waals surface area contributed by atoms with Crippen molar-refractivity contribution in [3.8, 4) is 28.6 Å². The van der Waals surface area contributed by atoms with Crippen LogP contribution < -0.4 is 19.5 Å². The Hall–Kier alpha value is -4.01. The van der Waals surface area contributed by atoms with Crippen molar-refractivity contribution in [2.75, 3.05) is 33.3 Å². The van der Waals surface area contributed by atoms with E-state index in [0.29, 0.717) is 40.1 Å². The van der Waals surface area contributed by atoms with Crippen LogP contribution in [-0.2, 0) is 9.53 Å². The number of hydrogen-bond donors (Lipinski definition) is 1. The summed E-state index contributed by atoms with van der Waals surface area (Å²) in [5.74, 6) is 2.36. The normalized spacial score (nSPS) is 14.9. The van der Waals surface area contributed by atoms with E-state index in [1.54, 1.807) is 39.0 Å². The lowest BCUT2D eigenvalue weighted by molar-refractivity contribution is -0.139. The smallest absolute Gasteiger partial charge is 0.338 e. The second kappa shape index (κ2) is 9.23. The van der Waals surface area contributed by atoms with Gasteiger partial charge in [-0.2, -0.15) is 4.98 Å². The number of nitrogens with zero attached hydrogens (tertiary/aromatic N) is 3. The third kappa shape index (κ3) is 3.97. The monoisotopic (exact) mass is 450 g/mol. The van der Waals surface area contributed by atoms with Crippen LogP contribution in [0.15, 0.2) is 53.7 Å². The predicted octanol–water partition coefficient (Wildman–Crippen LogP) is 3.82. The lowest BCUT2D eigenvalue weighted by atomic mass is 9.94. The Bertz CT molecular complexity index is 1200. The number of carbonyl (C=O) groups is 1. The molecule has 1 aromatic heterocycles. The molecule has 0 bridgehead atoms. The van der Waals surface area contributed by atoms with Gasteiger partial charge in [0, 0.05) is 16.8 Å². The Kier molecular flexibility index (Phi) is 6.21. The van der Waals surface area contributed by atoms with Crippen molar-refractivity contribution in [1.29, 1.82) is 0 Å². The number of esters is 1. The van der Waals surface area contributed by atoms with Gasteiger partial charge in [-0.05, 0) is 44.2 Å². The number of allylic oxidation sites excluding steroid dienone is 1. The minimum absolute atomic E-state index is 0.249. The Morgan fingerprint density at radius 2 is 1.82 bits per heavy atom. The van der Waals surface area contributed by atoms with Crippen molar-refractivity contribution in [3.05, 3.63) is 59.3 Å². The Morgan fingerprint density at radius 1 is 1.06 bits per heavy atom. The molecule has 9 nitrogen and oxygen atoms in total. The molecule has 0 saturated carbocycles. The Morgan fingerprint density at radius 3 is 2.45 bits per heavy atom. The standard InChI is InChI=1S/C24H26N4O5/c1-6-33-23(29)19-14(2)25-24-26-22(15-10-12-16(30-3)13-11-15)27-28(24)20(19)17-8-7-9-18(31-4)21(17)32-5/h7-13,20H,6H2,1-5H3,(H,25,26,27). The first-order chi connectivity index (χ1) is 16.0. The number of nitrogens with one attached hydrogen (secondary N) is 1. The molecular weight excluding hydrogens is 424 g/mol. The molecule has 1 aliphatic heterocycles. The zero-order valence-electron chi connectivity index (χ0n) is 19.2. The molecule has 1 aliphatic rings. The van der Waals surface area contributed by atoms with Gasteiger partial charge in [0.25, 0.3) is 0 Å². The molecule has 172 valence electrons. The van der Waals surface area contributed by atoms with Gasteiger partial charge in [-0.25, -0.2) is 9.48 Å². The number of aromatic nitrogens is 3. The van der Waals surface area contributed by atoms with Crippen molar-refractivity contribution >= 4 is 11.9 Å². The summed E-state index contributed by atoms with van der Waals surface area (Å²) in [4.78, 5) is 17.7. The minimum Gasteiger partial charge on any atom is -0.497 e. The molecule has 0 amide bonds. The fraction of sp³-hybridized carbons (Fsp3) is 0.292. The van der Waals surface area contributed by atoms with Gasteiger partial charge in [-0.1, -0.05) is 12.1 Å². The van der Waals surface area contributed by atoms with Gasteiger partial charge in [-0.3, -0.25) is 0 Å². The van der Waals surface area contributed by atoms with E-state index in [9.17, 15) is 4.79 Å². The van der Waals surface area contributed by atoms with Crippen LogP contribution in [0.1, 0.15) is 25.5 Å². The summed E-state index contributed by atoms with van der Waals surface area (Å²) in [7, 11) is 4.75. The van der Waals surface area contributed by atoms with Crippen LogP contribution in [0.4, 0.5) is 5.95 Å². The van der Waals surface area contributed by atoms with Crippen LogP contribution in [-0.4, -0.2) is 48.7 Å². The molecule has 0 aliphatic carbocycles. The fourth-order valence-corrected chi connectivity index (χ4v) is 3.90. The molecule has 1 atom stereocenters. The first-order valence-corrected chi connectivity index (χ1v) is 10.5. The van der Waals surface area contributed by atoms with Crippen LogP contribution in [0.2, 0.25) is 0 Å². The lowest BCUT2D eigenvalue weighted by Gasteiger charge is -2.29. The van der Waals surface area contributed by atoms with Gasteiger partial charge in [0.05, 0.1) is 33.5 Å². The molecule has 1 N–H and O–H groups in total. The number of rotatable bonds is 7. The van der Waals surface area contributed by atoms with E-state index in [1.807, 2.05) is 43.3 Å². The van der Waals surface area contributed by atoms with Crippen molar-refractivity contribution in [1.82, 2.24) is 14.8 Å². The fourth-order valence-electron chi connectivity index (χ4n) is 3.90. The summed E-state index contributed by atoms with van der Waals surface area (Å²) >= 11 is 0. The van der Waals surface area contributed by atoms with Crippen LogP contribution in [0.5, 0.6) is 17.2 Å². The predicted molar refractivity (Wildman–Crippen MR) is 123 cm³/mol. The van der Waals surface area contributed by atoms with E-state index in [0.717, 1.165) is 11.3 Å². The molecule has 0 saturated heterocycles. The highest BCUT2D eigenvalue weighted by molar-refractivity contribution is 5.92.